The van der Waals surface area contributed by atoms with Crippen LogP contribution >= 0.6 is 56.7 Å². The zero-order valence-corrected chi connectivity index (χ0v) is 43.8. The van der Waals surface area contributed by atoms with Gasteiger partial charge in [0.2, 0.25) is 0 Å². The average Bonchev–Trinajstić information content (AvgIpc) is 4.17. The summed E-state index contributed by atoms with van der Waals surface area (Å²) in [7, 11) is 0. The quantitative estimate of drug-likeness (QED) is 0.0501. The molecule has 0 saturated carbocycles. The minimum Gasteiger partial charge on any atom is -0.140 e. The maximum Gasteiger partial charge on any atom is 0.0499 e. The van der Waals surface area contributed by atoms with E-state index < -0.39 is 0 Å². The molecule has 9 aromatic rings. The van der Waals surface area contributed by atoms with E-state index in [0.717, 1.165) is 0 Å². The van der Waals surface area contributed by atoms with Crippen molar-refractivity contribution in [1.82, 2.24) is 0 Å². The Kier molecular flexibility index (Phi) is 16.3. The number of hydrogen-bond donors (Lipinski definition) is 0. The summed E-state index contributed by atoms with van der Waals surface area (Å²) in [5.41, 5.74) is 5.94. The molecule has 0 aliphatic rings. The van der Waals surface area contributed by atoms with Gasteiger partial charge in [0.05, 0.1) is 0 Å². The number of fused-ring (bicyclic) bond motifs is 8. The molecule has 65 heavy (non-hydrogen) atoms. The van der Waals surface area contributed by atoms with Crippen molar-refractivity contribution in [3.63, 3.8) is 0 Å². The molecule has 5 heteroatoms. The van der Waals surface area contributed by atoms with Crippen molar-refractivity contribution < 1.29 is 0 Å². The molecular formula is C60H70S5. The third kappa shape index (κ3) is 10.9. The van der Waals surface area contributed by atoms with Crippen molar-refractivity contribution in [1.29, 1.82) is 0 Å². The smallest absolute Gasteiger partial charge is 0.0499 e. The van der Waals surface area contributed by atoms with Crippen LogP contribution in [0.3, 0.4) is 0 Å². The number of unbranched alkanes of at least 4 members (excludes halogenated alkanes) is 18. The van der Waals surface area contributed by atoms with Gasteiger partial charge in [-0.25, -0.2) is 0 Å². The molecule has 340 valence electrons. The van der Waals surface area contributed by atoms with Crippen molar-refractivity contribution in [2.45, 2.75) is 169 Å². The number of rotatable bonds is 25. The zero-order valence-electron chi connectivity index (χ0n) is 39.7. The molecule has 0 bridgehead atoms. The Bertz CT molecular complexity index is 2960. The summed E-state index contributed by atoms with van der Waals surface area (Å²) in [4.78, 5) is 8.85. The summed E-state index contributed by atoms with van der Waals surface area (Å²) in [6, 6.07) is 33.1. The maximum atomic E-state index is 2.45. The summed E-state index contributed by atoms with van der Waals surface area (Å²) in [5.74, 6) is 0. The van der Waals surface area contributed by atoms with E-state index in [2.05, 4.69) is 135 Å². The largest absolute Gasteiger partial charge is 0.140 e. The molecule has 0 radical (unpaired) electrons. The van der Waals surface area contributed by atoms with Crippen LogP contribution in [0, 0.1) is 13.8 Å². The summed E-state index contributed by atoms with van der Waals surface area (Å²) >= 11 is 10.2. The molecule has 0 unspecified atom stereocenters. The van der Waals surface area contributed by atoms with Crippen molar-refractivity contribution in [2.75, 3.05) is 0 Å². The van der Waals surface area contributed by atoms with E-state index in [4.69, 9.17) is 0 Å². The molecule has 9 rings (SSSR count). The molecule has 0 atom stereocenters. The van der Waals surface area contributed by atoms with Crippen LogP contribution in [-0.2, 0) is 12.8 Å². The lowest BCUT2D eigenvalue weighted by molar-refractivity contribution is 0.556. The Morgan fingerprint density at radius 1 is 0.338 bits per heavy atom. The molecule has 5 aromatic heterocycles. The van der Waals surface area contributed by atoms with Gasteiger partial charge < -0.3 is 0 Å². The highest BCUT2D eigenvalue weighted by atomic mass is 32.1. The third-order valence-corrected chi connectivity index (χ3v) is 20.4. The first-order valence-corrected chi connectivity index (χ1v) is 29.6. The van der Waals surface area contributed by atoms with Gasteiger partial charge in [-0.1, -0.05) is 190 Å². The molecule has 0 fully saturated rings. The van der Waals surface area contributed by atoms with Crippen LogP contribution < -0.4 is 0 Å². The van der Waals surface area contributed by atoms with Crippen LogP contribution in [0.1, 0.15) is 164 Å². The first-order chi connectivity index (χ1) is 32.0. The highest BCUT2D eigenvalue weighted by Crippen LogP contribution is 2.52. The van der Waals surface area contributed by atoms with Gasteiger partial charge in [-0.15, -0.1) is 56.7 Å². The van der Waals surface area contributed by atoms with E-state index in [1.165, 1.54) is 214 Å². The fraction of sp³-hybridized carbons (Fsp3) is 0.433. The van der Waals surface area contributed by atoms with Crippen LogP contribution in [0.4, 0.5) is 0 Å². The molecule has 5 heterocycles. The monoisotopic (exact) mass is 950 g/mol. The summed E-state index contributed by atoms with van der Waals surface area (Å²) < 4.78 is 6.01. The number of benzene rings is 4. The van der Waals surface area contributed by atoms with E-state index in [1.807, 2.05) is 34.0 Å². The third-order valence-electron chi connectivity index (χ3n) is 13.9. The van der Waals surface area contributed by atoms with E-state index in [1.54, 1.807) is 30.3 Å². The van der Waals surface area contributed by atoms with E-state index in [-0.39, 0.29) is 0 Å². The standard InChI is InChI=1S/C60H70S5/c1-5-7-9-11-13-15-17-19-21-23-25-50-57(53-36-28-42(4)61-53)64-60-51(26-24-22-20-18-16-14-12-10-8-6-2)58(65-59(50)60)54-38-37-52(62-54)45-31-33-47-44(40-45)30-35-49-48-34-29-43-39-41(3)27-32-46(43)55(48)63-56(47)49/h27-40H,5-26H2,1-4H3. The number of thiophene rings is 5. The zero-order chi connectivity index (χ0) is 44.5. The fourth-order valence-corrected chi connectivity index (χ4v) is 16.8. The molecule has 0 N–H and O–H groups in total. The number of aryl methyl sites for hydroxylation is 4. The van der Waals surface area contributed by atoms with Gasteiger partial charge in [-0.2, -0.15) is 0 Å². The molecule has 0 aliphatic heterocycles. The second kappa shape index (κ2) is 22.7. The van der Waals surface area contributed by atoms with Gasteiger partial charge >= 0.3 is 0 Å². The Hall–Kier alpha value is -3.32. The van der Waals surface area contributed by atoms with Crippen molar-refractivity contribution >= 4 is 108 Å². The first-order valence-electron chi connectivity index (χ1n) is 25.5. The van der Waals surface area contributed by atoms with E-state index in [9.17, 15) is 0 Å². The minimum atomic E-state index is 1.19. The van der Waals surface area contributed by atoms with Crippen LogP contribution in [0.25, 0.3) is 81.1 Å². The summed E-state index contributed by atoms with van der Waals surface area (Å²) in [6.45, 7) is 9.10. The van der Waals surface area contributed by atoms with E-state index in [0.29, 0.717) is 0 Å². The molecular weight excluding hydrogens is 881 g/mol. The minimum absolute atomic E-state index is 1.19. The number of hydrogen-bond acceptors (Lipinski definition) is 5. The Balaban J connectivity index is 0.986. The highest BCUT2D eigenvalue weighted by Gasteiger charge is 2.24. The Morgan fingerprint density at radius 2 is 0.785 bits per heavy atom. The SMILES string of the molecule is CCCCCCCCCCCCc1c(-c2ccc(C)s2)sc2c(CCCCCCCCCCCC)c(-c3ccc(-c4ccc5c(ccc6c7ccc8cc(C)ccc8c7sc56)c4)s3)sc12. The Morgan fingerprint density at radius 3 is 1.31 bits per heavy atom. The fourth-order valence-electron chi connectivity index (χ4n) is 10.2. The van der Waals surface area contributed by atoms with Crippen LogP contribution in [0.5, 0.6) is 0 Å². The van der Waals surface area contributed by atoms with Crippen molar-refractivity contribution in [3.05, 3.63) is 106 Å². The molecule has 0 amide bonds. The highest BCUT2D eigenvalue weighted by molar-refractivity contribution is 7.34. The topological polar surface area (TPSA) is 0 Å². The molecule has 0 saturated heterocycles. The van der Waals surface area contributed by atoms with Gasteiger partial charge in [-0.05, 0) is 108 Å². The predicted octanol–water partition coefficient (Wildman–Crippen LogP) is 22.3. The average molecular weight is 952 g/mol. The lowest BCUT2D eigenvalue weighted by Gasteiger charge is -2.06. The van der Waals surface area contributed by atoms with Gasteiger partial charge in [-0.3, -0.25) is 0 Å². The van der Waals surface area contributed by atoms with Crippen LogP contribution in [0.15, 0.2) is 84.9 Å². The lowest BCUT2D eigenvalue weighted by atomic mass is 10.0. The van der Waals surface area contributed by atoms with Crippen LogP contribution in [-0.4, -0.2) is 0 Å². The molecule has 0 aliphatic carbocycles. The second-order valence-electron chi connectivity index (χ2n) is 19.1. The molecule has 4 aromatic carbocycles. The van der Waals surface area contributed by atoms with Crippen molar-refractivity contribution in [2.24, 2.45) is 0 Å². The maximum absolute atomic E-state index is 2.45. The normalized spacial score (nSPS) is 12.1. The predicted molar refractivity (Wildman–Crippen MR) is 300 cm³/mol. The van der Waals surface area contributed by atoms with E-state index >= 15 is 0 Å². The Labute approximate surface area is 410 Å². The molecule has 0 spiro atoms. The molecule has 0 nitrogen and oxygen atoms in total. The first kappa shape index (κ1) is 46.8. The summed E-state index contributed by atoms with van der Waals surface area (Å²) in [6.07, 6.45) is 30.1. The van der Waals surface area contributed by atoms with Gasteiger partial charge in [0.25, 0.3) is 0 Å². The van der Waals surface area contributed by atoms with Gasteiger partial charge in [0.1, 0.15) is 0 Å². The summed E-state index contributed by atoms with van der Waals surface area (Å²) in [5, 5.41) is 8.17. The lowest BCUT2D eigenvalue weighted by Crippen LogP contribution is -1.87. The van der Waals surface area contributed by atoms with Crippen LogP contribution in [0.2, 0.25) is 0 Å². The van der Waals surface area contributed by atoms with Gasteiger partial charge in [0, 0.05) is 58.8 Å². The second-order valence-corrected chi connectivity index (χ2v) is 24.5. The van der Waals surface area contributed by atoms with Gasteiger partial charge in [0.15, 0.2) is 0 Å². The van der Waals surface area contributed by atoms with Crippen molar-refractivity contribution in [3.8, 4) is 29.9 Å².